The molecule has 0 saturated carbocycles. The highest BCUT2D eigenvalue weighted by Crippen LogP contribution is 2.25. The normalized spacial score (nSPS) is 11.8. The van der Waals surface area contributed by atoms with Crippen LogP contribution in [0.2, 0.25) is 0 Å². The van der Waals surface area contributed by atoms with Crippen LogP contribution < -0.4 is 0 Å². The summed E-state index contributed by atoms with van der Waals surface area (Å²) in [7, 11) is -3.65. The Morgan fingerprint density at radius 3 is 2.21 bits per heavy atom. The van der Waals surface area contributed by atoms with Crippen LogP contribution in [0.15, 0.2) is 23.1 Å². The topological polar surface area (TPSA) is 80.5 Å². The predicted molar refractivity (Wildman–Crippen MR) is 72.6 cm³/mol. The second kappa shape index (κ2) is 6.12. The summed E-state index contributed by atoms with van der Waals surface area (Å²) in [6, 6.07) is 4.08. The minimum atomic E-state index is -3.65. The lowest BCUT2D eigenvalue weighted by molar-refractivity contribution is -0.385. The number of nitro benzene ring substituents is 1. The monoisotopic (exact) mass is 286 g/mol. The molecule has 0 aliphatic heterocycles. The molecule has 0 aromatic heterocycles. The van der Waals surface area contributed by atoms with E-state index in [-0.39, 0.29) is 10.6 Å². The maximum atomic E-state index is 12.3. The van der Waals surface area contributed by atoms with E-state index in [1.165, 1.54) is 16.4 Å². The van der Waals surface area contributed by atoms with Crippen molar-refractivity contribution in [2.24, 2.45) is 0 Å². The maximum absolute atomic E-state index is 12.3. The van der Waals surface area contributed by atoms with E-state index in [9.17, 15) is 18.5 Å². The van der Waals surface area contributed by atoms with Crippen molar-refractivity contribution in [1.29, 1.82) is 0 Å². The van der Waals surface area contributed by atoms with Crippen LogP contribution in [0, 0.1) is 10.1 Å². The van der Waals surface area contributed by atoms with Gasteiger partial charge >= 0.3 is 0 Å². The van der Waals surface area contributed by atoms with Crippen LogP contribution in [-0.2, 0) is 16.4 Å². The van der Waals surface area contributed by atoms with Gasteiger partial charge in [0.05, 0.1) is 9.82 Å². The molecule has 0 aliphatic carbocycles. The van der Waals surface area contributed by atoms with Gasteiger partial charge < -0.3 is 0 Å². The van der Waals surface area contributed by atoms with Crippen LogP contribution in [0.25, 0.3) is 0 Å². The Labute approximate surface area is 113 Å². The predicted octanol–water partition coefficient (Wildman–Crippen LogP) is 2.19. The van der Waals surface area contributed by atoms with Crippen molar-refractivity contribution in [2.45, 2.75) is 32.1 Å². The molecule has 106 valence electrons. The van der Waals surface area contributed by atoms with Crippen molar-refractivity contribution < 1.29 is 13.3 Å². The minimum Gasteiger partial charge on any atom is -0.258 e. The van der Waals surface area contributed by atoms with Gasteiger partial charge in [-0.05, 0) is 12.5 Å². The fraction of sp³-hybridized carbons (Fsp3) is 0.500. The Kier molecular flexibility index (Phi) is 5.02. The average molecular weight is 286 g/mol. The molecule has 0 unspecified atom stereocenters. The molecule has 0 aliphatic rings. The van der Waals surface area contributed by atoms with Crippen molar-refractivity contribution in [1.82, 2.24) is 4.31 Å². The van der Waals surface area contributed by atoms with Gasteiger partial charge in [-0.25, -0.2) is 8.42 Å². The lowest BCUT2D eigenvalue weighted by atomic mass is 10.1. The first kappa shape index (κ1) is 15.6. The lowest BCUT2D eigenvalue weighted by Crippen LogP contribution is -2.30. The van der Waals surface area contributed by atoms with Crippen molar-refractivity contribution in [3.8, 4) is 0 Å². The van der Waals surface area contributed by atoms with Crippen LogP contribution in [0.4, 0.5) is 5.69 Å². The summed E-state index contributed by atoms with van der Waals surface area (Å²) >= 11 is 0. The molecule has 1 aromatic rings. The minimum absolute atomic E-state index is 0.0277. The van der Waals surface area contributed by atoms with E-state index in [4.69, 9.17) is 0 Å². The number of rotatable bonds is 6. The van der Waals surface area contributed by atoms with Crippen molar-refractivity contribution in [3.63, 3.8) is 0 Å². The Morgan fingerprint density at radius 1 is 1.21 bits per heavy atom. The van der Waals surface area contributed by atoms with Gasteiger partial charge in [0.1, 0.15) is 0 Å². The number of benzene rings is 1. The lowest BCUT2D eigenvalue weighted by Gasteiger charge is -2.18. The molecule has 7 heteroatoms. The molecule has 0 saturated heterocycles. The number of aryl methyl sites for hydroxylation is 1. The molecule has 0 atom stereocenters. The van der Waals surface area contributed by atoms with Gasteiger partial charge in [-0.2, -0.15) is 4.31 Å². The van der Waals surface area contributed by atoms with Crippen molar-refractivity contribution >= 4 is 15.7 Å². The van der Waals surface area contributed by atoms with Gasteiger partial charge in [-0.15, -0.1) is 0 Å². The third-order valence-corrected chi connectivity index (χ3v) is 5.02. The summed E-state index contributed by atoms with van der Waals surface area (Å²) < 4.78 is 25.8. The highest BCUT2D eigenvalue weighted by atomic mass is 32.2. The molecule has 0 heterocycles. The smallest absolute Gasteiger partial charge is 0.258 e. The molecule has 0 bridgehead atoms. The summed E-state index contributed by atoms with van der Waals surface area (Å²) in [5, 5.41) is 11.0. The molecule has 0 N–H and O–H groups in total. The third-order valence-electron chi connectivity index (χ3n) is 2.98. The van der Waals surface area contributed by atoms with E-state index < -0.39 is 14.9 Å². The van der Waals surface area contributed by atoms with E-state index in [2.05, 4.69) is 0 Å². The van der Waals surface area contributed by atoms with Gasteiger partial charge in [-0.1, -0.05) is 26.8 Å². The van der Waals surface area contributed by atoms with Crippen molar-refractivity contribution in [2.75, 3.05) is 13.1 Å². The van der Waals surface area contributed by atoms with Crippen LogP contribution >= 0.6 is 0 Å². The second-order valence-electron chi connectivity index (χ2n) is 3.99. The van der Waals surface area contributed by atoms with Crippen LogP contribution in [-0.4, -0.2) is 30.7 Å². The van der Waals surface area contributed by atoms with Gasteiger partial charge in [0.25, 0.3) is 5.69 Å². The number of sulfonamides is 1. The summed E-state index contributed by atoms with van der Waals surface area (Å²) in [5.74, 6) is 0. The quantitative estimate of drug-likeness (QED) is 0.593. The highest BCUT2D eigenvalue weighted by molar-refractivity contribution is 7.89. The molecule has 0 amide bonds. The van der Waals surface area contributed by atoms with E-state index in [1.54, 1.807) is 20.8 Å². The summed E-state index contributed by atoms with van der Waals surface area (Å²) in [4.78, 5) is 10.4. The first-order chi connectivity index (χ1) is 8.88. The largest absolute Gasteiger partial charge is 0.273 e. The van der Waals surface area contributed by atoms with Gasteiger partial charge in [0, 0.05) is 24.7 Å². The van der Waals surface area contributed by atoms with Gasteiger partial charge in [0.2, 0.25) is 10.0 Å². The van der Waals surface area contributed by atoms with Crippen LogP contribution in [0.3, 0.4) is 0 Å². The first-order valence-corrected chi connectivity index (χ1v) is 7.59. The Balaban J connectivity index is 3.37. The molecule has 19 heavy (non-hydrogen) atoms. The summed E-state index contributed by atoms with van der Waals surface area (Å²) in [6.07, 6.45) is 0.488. The number of hydrogen-bond acceptors (Lipinski definition) is 4. The Morgan fingerprint density at radius 2 is 1.79 bits per heavy atom. The zero-order chi connectivity index (χ0) is 14.6. The molecule has 6 nitrogen and oxygen atoms in total. The van der Waals surface area contributed by atoms with E-state index in [0.29, 0.717) is 25.1 Å². The molecule has 0 fully saturated rings. The SMILES string of the molecule is CCc1ccc(S(=O)(=O)N(CC)CC)cc1[N+](=O)[O-]. The van der Waals surface area contributed by atoms with Crippen molar-refractivity contribution in [3.05, 3.63) is 33.9 Å². The van der Waals surface area contributed by atoms with E-state index in [1.807, 2.05) is 0 Å². The number of nitrogens with zero attached hydrogens (tertiary/aromatic N) is 2. The molecule has 0 radical (unpaired) electrons. The first-order valence-electron chi connectivity index (χ1n) is 6.15. The summed E-state index contributed by atoms with van der Waals surface area (Å²) in [5.41, 5.74) is 0.388. The fourth-order valence-electron chi connectivity index (χ4n) is 1.89. The van der Waals surface area contributed by atoms with Gasteiger partial charge in [0.15, 0.2) is 0 Å². The molecule has 1 aromatic carbocycles. The number of hydrogen-bond donors (Lipinski definition) is 0. The standard InChI is InChI=1S/C12H18N2O4S/c1-4-10-7-8-11(9-12(10)14(15)16)19(17,18)13(5-2)6-3/h7-9H,4-6H2,1-3H3. The molecular weight excluding hydrogens is 268 g/mol. The fourth-order valence-corrected chi connectivity index (χ4v) is 3.36. The highest BCUT2D eigenvalue weighted by Gasteiger charge is 2.25. The Hall–Kier alpha value is -1.47. The molecule has 1 rings (SSSR count). The van der Waals surface area contributed by atoms with Gasteiger partial charge in [-0.3, -0.25) is 10.1 Å². The average Bonchev–Trinajstić information content (AvgIpc) is 2.38. The van der Waals surface area contributed by atoms with Crippen LogP contribution in [0.1, 0.15) is 26.3 Å². The third kappa shape index (κ3) is 3.10. The zero-order valence-electron chi connectivity index (χ0n) is 11.3. The number of nitro groups is 1. The second-order valence-corrected chi connectivity index (χ2v) is 5.93. The van der Waals surface area contributed by atoms with E-state index >= 15 is 0 Å². The maximum Gasteiger partial charge on any atom is 0.273 e. The van der Waals surface area contributed by atoms with Crippen LogP contribution in [0.5, 0.6) is 0 Å². The molecule has 0 spiro atoms. The molecular formula is C12H18N2O4S. The zero-order valence-corrected chi connectivity index (χ0v) is 12.1. The van der Waals surface area contributed by atoms with E-state index in [0.717, 1.165) is 6.07 Å². The Bertz CT molecular complexity index is 565. The summed E-state index contributed by atoms with van der Waals surface area (Å²) in [6.45, 7) is 5.93.